The van der Waals surface area contributed by atoms with Gasteiger partial charge < -0.3 is 59.8 Å². The summed E-state index contributed by atoms with van der Waals surface area (Å²) < 4.78 is 24.0. The maximum absolute atomic E-state index is 12.2. The third-order valence-electron chi connectivity index (χ3n) is 17.3. The number of carboxylic acid groups (broad SMARTS) is 1. The largest absolute Gasteiger partial charge is 0.479 e. The molecular weight excluding hydrogens is 712 g/mol. The van der Waals surface area contributed by atoms with E-state index in [0.717, 1.165) is 51.4 Å². The van der Waals surface area contributed by atoms with Crippen molar-refractivity contribution in [1.29, 1.82) is 0 Å². The van der Waals surface area contributed by atoms with Crippen LogP contribution < -0.4 is 0 Å². The van der Waals surface area contributed by atoms with Gasteiger partial charge in [-0.1, -0.05) is 67.0 Å². The van der Waals surface area contributed by atoms with E-state index < -0.39 is 85.5 Å². The van der Waals surface area contributed by atoms with Crippen LogP contribution in [-0.4, -0.2) is 127 Å². The summed E-state index contributed by atoms with van der Waals surface area (Å²) in [5.41, 5.74) is 0.947. The van der Waals surface area contributed by atoms with E-state index in [1.165, 1.54) is 0 Å². The molecule has 314 valence electrons. The van der Waals surface area contributed by atoms with E-state index >= 15 is 0 Å². The van der Waals surface area contributed by atoms with Crippen molar-refractivity contribution in [2.24, 2.45) is 50.2 Å². The number of ether oxygens (including phenoxy) is 4. The Morgan fingerprint density at radius 2 is 1.44 bits per heavy atom. The zero-order chi connectivity index (χ0) is 40.4. The molecule has 0 radical (unpaired) electrons. The van der Waals surface area contributed by atoms with Crippen molar-refractivity contribution in [3.63, 3.8) is 0 Å². The molecule has 13 nitrogen and oxygen atoms in total. The molecule has 0 aromatic heterocycles. The number of aliphatic hydroxyl groups is 7. The summed E-state index contributed by atoms with van der Waals surface area (Å²) in [4.78, 5) is 12.2. The van der Waals surface area contributed by atoms with Crippen LogP contribution in [0.1, 0.15) is 113 Å². The average molecular weight is 781 g/mol. The Balaban J connectivity index is 1.16. The minimum Gasteiger partial charge on any atom is -0.479 e. The average Bonchev–Trinajstić information content (AvgIpc) is 3.10. The molecule has 7 aliphatic rings. The number of fused-ring (bicyclic) bond motifs is 7. The normalized spacial score (nSPS) is 54.5. The first-order valence-electron chi connectivity index (χ1n) is 20.7. The number of carboxylic acids is 1. The first kappa shape index (κ1) is 41.9. The van der Waals surface area contributed by atoms with Crippen LogP contribution >= 0.6 is 0 Å². The minimum atomic E-state index is -1.92. The highest BCUT2D eigenvalue weighted by Gasteiger charge is 2.69. The summed E-state index contributed by atoms with van der Waals surface area (Å²) in [5, 5.41) is 85.1. The standard InChI is InChI=1S/C42H68O13/c1-37(2)15-16-39(5)21(17-37)20-9-10-24-40(6)13-12-26(38(3,4)23(40)11-14-41(24,7)42(20,8)18-25(39)44)53-36-33(30(48)29(47)32(54-36)34(50)51)55-35-31(49)28(46)27(45)22(19-43)52-35/h9,21-33,35-36,43-49H,10-19H2,1-8H3,(H,50,51)/t21-,22+,23-,24+,25-,26-,27+,28-,29-,30-,31+,32-,33+,35-,36+,39-,40-,41+,42+/m0/s1. The molecule has 0 spiro atoms. The summed E-state index contributed by atoms with van der Waals surface area (Å²) in [6, 6.07) is 0. The summed E-state index contributed by atoms with van der Waals surface area (Å²) in [5.74, 6) is -0.605. The van der Waals surface area contributed by atoms with E-state index in [-0.39, 0.29) is 39.1 Å². The third kappa shape index (κ3) is 6.23. The topological polar surface area (TPSA) is 216 Å². The van der Waals surface area contributed by atoms with Crippen molar-refractivity contribution < 1.29 is 64.6 Å². The van der Waals surface area contributed by atoms with Gasteiger partial charge in [0, 0.05) is 5.41 Å². The van der Waals surface area contributed by atoms with Gasteiger partial charge in [-0.15, -0.1) is 0 Å². The Morgan fingerprint density at radius 3 is 2.09 bits per heavy atom. The number of hydrogen-bond acceptors (Lipinski definition) is 12. The Kier molecular flexibility index (Phi) is 10.6. The van der Waals surface area contributed by atoms with Gasteiger partial charge in [-0.3, -0.25) is 0 Å². The number of aliphatic hydroxyl groups excluding tert-OH is 7. The van der Waals surface area contributed by atoms with E-state index in [4.69, 9.17) is 18.9 Å². The van der Waals surface area contributed by atoms with Crippen LogP contribution in [0.25, 0.3) is 0 Å². The zero-order valence-electron chi connectivity index (χ0n) is 33.9. The van der Waals surface area contributed by atoms with Gasteiger partial charge in [-0.25, -0.2) is 4.79 Å². The second kappa shape index (κ2) is 13.9. The molecule has 19 atom stereocenters. The van der Waals surface area contributed by atoms with Gasteiger partial charge in [0.25, 0.3) is 0 Å². The van der Waals surface area contributed by atoms with Gasteiger partial charge >= 0.3 is 5.97 Å². The lowest BCUT2D eigenvalue weighted by molar-refractivity contribution is -0.374. The molecule has 0 bridgehead atoms. The molecule has 2 saturated heterocycles. The first-order chi connectivity index (χ1) is 25.5. The van der Waals surface area contributed by atoms with E-state index in [1.807, 2.05) is 0 Å². The van der Waals surface area contributed by atoms with Gasteiger partial charge in [-0.05, 0) is 103 Å². The Morgan fingerprint density at radius 1 is 0.745 bits per heavy atom. The monoisotopic (exact) mass is 780 g/mol. The van der Waals surface area contributed by atoms with Crippen molar-refractivity contribution in [1.82, 2.24) is 0 Å². The highest BCUT2D eigenvalue weighted by molar-refractivity contribution is 5.73. The fourth-order valence-corrected chi connectivity index (χ4v) is 13.6. The predicted octanol–water partition coefficient (Wildman–Crippen LogP) is 2.88. The van der Waals surface area contributed by atoms with Crippen molar-refractivity contribution in [2.45, 2.75) is 187 Å². The molecule has 8 N–H and O–H groups in total. The molecule has 13 heteroatoms. The van der Waals surface area contributed by atoms with Crippen LogP contribution in [0.3, 0.4) is 0 Å². The van der Waals surface area contributed by atoms with Gasteiger partial charge in [0.15, 0.2) is 18.7 Å². The molecule has 5 aliphatic carbocycles. The quantitative estimate of drug-likeness (QED) is 0.144. The van der Waals surface area contributed by atoms with E-state index in [0.29, 0.717) is 18.3 Å². The van der Waals surface area contributed by atoms with E-state index in [1.54, 1.807) is 5.57 Å². The molecule has 0 amide bonds. The number of rotatable bonds is 6. The van der Waals surface area contributed by atoms with Gasteiger partial charge in [0.2, 0.25) is 0 Å². The van der Waals surface area contributed by atoms with Crippen LogP contribution in [0.15, 0.2) is 11.6 Å². The Labute approximate surface area is 325 Å². The fraction of sp³-hybridized carbons (Fsp3) is 0.929. The van der Waals surface area contributed by atoms with Crippen LogP contribution in [0, 0.1) is 50.2 Å². The number of carbonyl (C=O) groups is 1. The van der Waals surface area contributed by atoms with Crippen molar-refractivity contribution >= 4 is 5.97 Å². The van der Waals surface area contributed by atoms with Crippen molar-refractivity contribution in [2.75, 3.05) is 6.61 Å². The first-order valence-corrected chi connectivity index (χ1v) is 20.7. The third-order valence-corrected chi connectivity index (χ3v) is 17.3. The Bertz CT molecular complexity index is 1500. The van der Waals surface area contributed by atoms with Gasteiger partial charge in [-0.2, -0.15) is 0 Å². The smallest absolute Gasteiger partial charge is 0.335 e. The van der Waals surface area contributed by atoms with Crippen LogP contribution in [0.2, 0.25) is 0 Å². The second-order valence-corrected chi connectivity index (χ2v) is 21.0. The lowest BCUT2D eigenvalue weighted by Crippen LogP contribution is -2.67. The minimum absolute atomic E-state index is 0.0399. The number of hydrogen-bond donors (Lipinski definition) is 8. The molecule has 0 unspecified atom stereocenters. The van der Waals surface area contributed by atoms with Crippen molar-refractivity contribution in [3.8, 4) is 0 Å². The molecule has 55 heavy (non-hydrogen) atoms. The molecule has 2 heterocycles. The molecule has 7 rings (SSSR count). The SMILES string of the molecule is CC1(C)CC[C@]2(C)[C@@H](O)C[C@]3(C)C(=CC[C@@H]4[C@@]5(C)CC[C@H](O[C@@H]6O[C@H](C(=O)O)[C@@H](O)[C@H](O)[C@H]6O[C@@H]6O[C@H](CO)[C@@H](O)[C@H](O)[C@H]6O)C(C)(C)[C@@H]5CC[C@]43C)[C@@H]2C1. The van der Waals surface area contributed by atoms with Crippen LogP contribution in [0.5, 0.6) is 0 Å². The maximum Gasteiger partial charge on any atom is 0.335 e. The second-order valence-electron chi connectivity index (χ2n) is 21.0. The molecule has 0 aromatic carbocycles. The molecule has 0 aromatic rings. The summed E-state index contributed by atoms with van der Waals surface area (Å²) in [6.45, 7) is 18.1. The lowest BCUT2D eigenvalue weighted by Gasteiger charge is -2.72. The molecule has 4 saturated carbocycles. The van der Waals surface area contributed by atoms with E-state index in [9.17, 15) is 45.6 Å². The highest BCUT2D eigenvalue weighted by Crippen LogP contribution is 2.75. The number of aliphatic carboxylic acids is 1. The van der Waals surface area contributed by atoms with Gasteiger partial charge in [0.05, 0.1) is 18.8 Å². The fourth-order valence-electron chi connectivity index (χ4n) is 13.6. The lowest BCUT2D eigenvalue weighted by atomic mass is 9.33. The number of allylic oxidation sites excluding steroid dienone is 2. The molecule has 6 fully saturated rings. The summed E-state index contributed by atoms with van der Waals surface area (Å²) in [6.07, 6.45) is -6.85. The van der Waals surface area contributed by atoms with Gasteiger partial charge in [0.1, 0.15) is 42.7 Å². The molecule has 2 aliphatic heterocycles. The van der Waals surface area contributed by atoms with E-state index in [2.05, 4.69) is 61.5 Å². The van der Waals surface area contributed by atoms with Crippen LogP contribution in [-0.2, 0) is 23.7 Å². The highest BCUT2D eigenvalue weighted by atomic mass is 16.8. The zero-order valence-corrected chi connectivity index (χ0v) is 33.9. The summed E-state index contributed by atoms with van der Waals surface area (Å²) >= 11 is 0. The Hall–Kier alpha value is -1.23. The molecular formula is C42H68O13. The predicted molar refractivity (Wildman–Crippen MR) is 198 cm³/mol. The maximum atomic E-state index is 12.2. The van der Waals surface area contributed by atoms with Crippen molar-refractivity contribution in [3.05, 3.63) is 11.6 Å². The summed E-state index contributed by atoms with van der Waals surface area (Å²) in [7, 11) is 0. The van der Waals surface area contributed by atoms with Crippen LogP contribution in [0.4, 0.5) is 0 Å².